The first-order valence-electron chi connectivity index (χ1n) is 7.28. The van der Waals surface area contributed by atoms with Gasteiger partial charge in [0.25, 0.3) is 0 Å². The van der Waals surface area contributed by atoms with Gasteiger partial charge in [0, 0.05) is 12.8 Å². The van der Waals surface area contributed by atoms with Gasteiger partial charge in [0.15, 0.2) is 0 Å². The summed E-state index contributed by atoms with van der Waals surface area (Å²) in [5, 5.41) is 9.63. The summed E-state index contributed by atoms with van der Waals surface area (Å²) in [4.78, 5) is 0. The fraction of sp³-hybridized carbons (Fsp3) is 0.647. The fourth-order valence-electron chi connectivity index (χ4n) is 1.52. The van der Waals surface area contributed by atoms with Crippen molar-refractivity contribution in [3.63, 3.8) is 0 Å². The Morgan fingerprint density at radius 3 is 2.50 bits per heavy atom. The van der Waals surface area contributed by atoms with Crippen LogP contribution in [0.15, 0.2) is 24.3 Å². The van der Waals surface area contributed by atoms with Crippen LogP contribution < -0.4 is 0 Å². The molecule has 0 amide bonds. The molecule has 0 aliphatic heterocycles. The lowest BCUT2D eigenvalue weighted by atomic mass is 10.1. The van der Waals surface area contributed by atoms with Crippen LogP contribution in [0.3, 0.4) is 0 Å². The maximum absolute atomic E-state index is 9.63. The highest BCUT2D eigenvalue weighted by Crippen LogP contribution is 2.04. The molecular formula is C17H28O. The van der Waals surface area contributed by atoms with E-state index in [1.807, 2.05) is 18.2 Å². The van der Waals surface area contributed by atoms with Crippen molar-refractivity contribution in [3.8, 4) is 11.8 Å². The number of rotatable bonds is 9. The molecule has 0 aromatic rings. The number of aliphatic hydroxyl groups is 1. The summed E-state index contributed by atoms with van der Waals surface area (Å²) < 4.78 is 0. The van der Waals surface area contributed by atoms with Gasteiger partial charge in [-0.05, 0) is 19.3 Å². The zero-order valence-corrected chi connectivity index (χ0v) is 12.0. The van der Waals surface area contributed by atoms with Crippen LogP contribution in [0.4, 0.5) is 0 Å². The average Bonchev–Trinajstić information content (AvgIpc) is 2.37. The third-order valence-electron chi connectivity index (χ3n) is 2.62. The van der Waals surface area contributed by atoms with Gasteiger partial charge in [-0.2, -0.15) is 0 Å². The molecule has 0 fully saturated rings. The summed E-state index contributed by atoms with van der Waals surface area (Å²) in [5.41, 5.74) is 0. The van der Waals surface area contributed by atoms with Gasteiger partial charge in [0.1, 0.15) is 0 Å². The largest absolute Gasteiger partial charge is 0.389 e. The molecular weight excluding hydrogens is 220 g/mol. The van der Waals surface area contributed by atoms with Crippen LogP contribution in [0, 0.1) is 11.8 Å². The summed E-state index contributed by atoms with van der Waals surface area (Å²) in [7, 11) is 0. The van der Waals surface area contributed by atoms with E-state index < -0.39 is 0 Å². The van der Waals surface area contributed by atoms with Crippen molar-refractivity contribution in [2.24, 2.45) is 0 Å². The van der Waals surface area contributed by atoms with Crippen LogP contribution in [0.2, 0.25) is 0 Å². The van der Waals surface area contributed by atoms with E-state index >= 15 is 0 Å². The molecule has 1 heteroatoms. The Balaban J connectivity index is 3.53. The van der Waals surface area contributed by atoms with E-state index in [9.17, 15) is 5.11 Å². The third kappa shape index (κ3) is 13.1. The number of unbranched alkanes of at least 4 members (excludes halogenated alkanes) is 4. The number of allylic oxidation sites excluding steroid dienone is 3. The molecule has 0 aromatic carbocycles. The second-order valence-corrected chi connectivity index (χ2v) is 4.52. The highest BCUT2D eigenvalue weighted by molar-refractivity contribution is 5.06. The Hall–Kier alpha value is -1.00. The van der Waals surface area contributed by atoms with Gasteiger partial charge in [-0.1, -0.05) is 57.4 Å². The topological polar surface area (TPSA) is 20.2 Å². The van der Waals surface area contributed by atoms with Crippen LogP contribution in [0.5, 0.6) is 0 Å². The van der Waals surface area contributed by atoms with Gasteiger partial charge < -0.3 is 5.11 Å². The SMILES string of the molecule is CCCC#CCC/C=C/C=C/[C@@H](O)CCCCC. The van der Waals surface area contributed by atoms with E-state index in [1.165, 1.54) is 12.8 Å². The normalized spacial score (nSPS) is 12.8. The standard InChI is InChI=1S/C17H28O/c1-3-5-7-8-9-10-11-12-14-16-17(18)15-13-6-4-2/h11-12,14,16-18H,3-6,9-10,13,15H2,1-2H3/b12-11+,16-14+/t17-/m0/s1. The second kappa shape index (κ2) is 14.1. The van der Waals surface area contributed by atoms with Crippen molar-refractivity contribution in [2.75, 3.05) is 0 Å². The van der Waals surface area contributed by atoms with E-state index in [1.54, 1.807) is 0 Å². The van der Waals surface area contributed by atoms with Crippen LogP contribution in [0.1, 0.15) is 65.2 Å². The van der Waals surface area contributed by atoms with E-state index in [0.29, 0.717) is 0 Å². The van der Waals surface area contributed by atoms with E-state index in [-0.39, 0.29) is 6.10 Å². The minimum absolute atomic E-state index is 0.287. The third-order valence-corrected chi connectivity index (χ3v) is 2.62. The Labute approximate surface area is 113 Å². The lowest BCUT2D eigenvalue weighted by Gasteiger charge is -2.02. The summed E-state index contributed by atoms with van der Waals surface area (Å²) in [5.74, 6) is 6.28. The first-order chi connectivity index (χ1) is 8.81. The molecule has 18 heavy (non-hydrogen) atoms. The Kier molecular flexibility index (Phi) is 13.3. The van der Waals surface area contributed by atoms with E-state index in [4.69, 9.17) is 0 Å². The molecule has 0 aliphatic carbocycles. The molecule has 0 radical (unpaired) electrons. The van der Waals surface area contributed by atoms with Crippen molar-refractivity contribution in [2.45, 2.75) is 71.3 Å². The lowest BCUT2D eigenvalue weighted by Crippen LogP contribution is -2.00. The molecule has 1 N–H and O–H groups in total. The predicted octanol–water partition coefficient (Wildman–Crippen LogP) is 4.62. The van der Waals surface area contributed by atoms with Crippen molar-refractivity contribution in [1.82, 2.24) is 0 Å². The maximum atomic E-state index is 9.63. The number of aliphatic hydroxyl groups excluding tert-OH is 1. The molecule has 1 atom stereocenters. The van der Waals surface area contributed by atoms with Gasteiger partial charge in [-0.15, -0.1) is 11.8 Å². The highest BCUT2D eigenvalue weighted by Gasteiger charge is 1.96. The van der Waals surface area contributed by atoms with Crippen molar-refractivity contribution >= 4 is 0 Å². The van der Waals surface area contributed by atoms with Crippen LogP contribution >= 0.6 is 0 Å². The molecule has 0 aliphatic rings. The van der Waals surface area contributed by atoms with Gasteiger partial charge in [-0.3, -0.25) is 0 Å². The minimum Gasteiger partial charge on any atom is -0.389 e. The zero-order chi connectivity index (χ0) is 13.5. The van der Waals surface area contributed by atoms with Crippen molar-refractivity contribution in [1.29, 1.82) is 0 Å². The molecule has 0 unspecified atom stereocenters. The predicted molar refractivity (Wildman–Crippen MR) is 80.3 cm³/mol. The van der Waals surface area contributed by atoms with Crippen LogP contribution in [0.25, 0.3) is 0 Å². The Morgan fingerprint density at radius 1 is 1.00 bits per heavy atom. The minimum atomic E-state index is -0.287. The first-order valence-corrected chi connectivity index (χ1v) is 7.28. The first kappa shape index (κ1) is 17.0. The lowest BCUT2D eigenvalue weighted by molar-refractivity contribution is 0.208. The molecule has 1 nitrogen and oxygen atoms in total. The van der Waals surface area contributed by atoms with E-state index in [2.05, 4.69) is 31.8 Å². The Bertz CT molecular complexity index is 278. The zero-order valence-electron chi connectivity index (χ0n) is 12.0. The molecule has 0 aromatic heterocycles. The van der Waals surface area contributed by atoms with Crippen LogP contribution in [-0.2, 0) is 0 Å². The average molecular weight is 248 g/mol. The van der Waals surface area contributed by atoms with Gasteiger partial charge in [-0.25, -0.2) is 0 Å². The summed E-state index contributed by atoms with van der Waals surface area (Å²) in [6.07, 6.45) is 16.1. The quantitative estimate of drug-likeness (QED) is 0.358. The molecule has 0 rings (SSSR count). The molecule has 102 valence electrons. The summed E-state index contributed by atoms with van der Waals surface area (Å²) in [6, 6.07) is 0. The molecule has 0 saturated carbocycles. The highest BCUT2D eigenvalue weighted by atomic mass is 16.3. The maximum Gasteiger partial charge on any atom is 0.0723 e. The monoisotopic (exact) mass is 248 g/mol. The number of hydrogen-bond donors (Lipinski definition) is 1. The van der Waals surface area contributed by atoms with Crippen LogP contribution in [-0.4, -0.2) is 11.2 Å². The molecule has 0 saturated heterocycles. The van der Waals surface area contributed by atoms with Crippen molar-refractivity contribution in [3.05, 3.63) is 24.3 Å². The number of hydrogen-bond acceptors (Lipinski definition) is 1. The second-order valence-electron chi connectivity index (χ2n) is 4.52. The fourth-order valence-corrected chi connectivity index (χ4v) is 1.52. The van der Waals surface area contributed by atoms with Crippen molar-refractivity contribution < 1.29 is 5.11 Å². The summed E-state index contributed by atoms with van der Waals surface area (Å²) >= 11 is 0. The molecule has 0 spiro atoms. The smallest absolute Gasteiger partial charge is 0.0723 e. The summed E-state index contributed by atoms with van der Waals surface area (Å²) in [6.45, 7) is 4.32. The Morgan fingerprint density at radius 2 is 1.78 bits per heavy atom. The molecule has 0 bridgehead atoms. The van der Waals surface area contributed by atoms with Gasteiger partial charge >= 0.3 is 0 Å². The van der Waals surface area contributed by atoms with E-state index in [0.717, 1.165) is 38.5 Å². The van der Waals surface area contributed by atoms with Gasteiger partial charge in [0.2, 0.25) is 0 Å². The van der Waals surface area contributed by atoms with Gasteiger partial charge in [0.05, 0.1) is 6.10 Å². The molecule has 0 heterocycles.